The van der Waals surface area contributed by atoms with E-state index in [1.807, 2.05) is 47.4 Å². The van der Waals surface area contributed by atoms with Crippen molar-refractivity contribution in [3.63, 3.8) is 0 Å². The molecule has 3 aromatic rings. The van der Waals surface area contributed by atoms with Gasteiger partial charge in [-0.05, 0) is 48.9 Å². The van der Waals surface area contributed by atoms with Crippen LogP contribution in [-0.4, -0.2) is 81.0 Å². The molecule has 3 heterocycles. The summed E-state index contributed by atoms with van der Waals surface area (Å²) < 4.78 is 0. The second-order valence-corrected chi connectivity index (χ2v) is 8.51. The van der Waals surface area contributed by atoms with Crippen LogP contribution in [0.2, 0.25) is 0 Å². The van der Waals surface area contributed by atoms with E-state index in [0.29, 0.717) is 32.1 Å². The fourth-order valence-corrected chi connectivity index (χ4v) is 3.91. The Bertz CT molecular complexity index is 1190. The first-order valence-corrected chi connectivity index (χ1v) is 11.8. The van der Waals surface area contributed by atoms with E-state index >= 15 is 0 Å². The molecule has 4 rings (SSSR count). The highest BCUT2D eigenvalue weighted by molar-refractivity contribution is 5.83. The summed E-state index contributed by atoms with van der Waals surface area (Å²) in [7, 11) is 0. The van der Waals surface area contributed by atoms with Crippen molar-refractivity contribution in [2.75, 3.05) is 49.9 Å². The van der Waals surface area contributed by atoms with Crippen molar-refractivity contribution in [1.82, 2.24) is 24.8 Å². The molecule has 0 aliphatic carbocycles. The summed E-state index contributed by atoms with van der Waals surface area (Å²) >= 11 is 0. The SMILES string of the molecule is NCCCNc1ccc(-c2ccnc(Nc3cccc(CN4CCN(CC(=O)O)C(=O)C4)c3)n2)cn1. The molecular weight excluding hydrogens is 460 g/mol. The Balaban J connectivity index is 1.37. The van der Waals surface area contributed by atoms with E-state index < -0.39 is 5.97 Å². The number of rotatable bonds is 11. The van der Waals surface area contributed by atoms with E-state index in [1.165, 1.54) is 4.90 Å². The lowest BCUT2D eigenvalue weighted by atomic mass is 10.1. The highest BCUT2D eigenvalue weighted by Gasteiger charge is 2.25. The first kappa shape index (κ1) is 25.0. The number of carbonyl (C=O) groups excluding carboxylic acids is 1. The van der Waals surface area contributed by atoms with E-state index in [9.17, 15) is 9.59 Å². The molecule has 1 aromatic carbocycles. The zero-order chi connectivity index (χ0) is 25.3. The lowest BCUT2D eigenvalue weighted by Crippen LogP contribution is -2.51. The third kappa shape index (κ3) is 6.96. The van der Waals surface area contributed by atoms with Gasteiger partial charge in [-0.2, -0.15) is 0 Å². The van der Waals surface area contributed by atoms with Crippen LogP contribution >= 0.6 is 0 Å². The first-order valence-electron chi connectivity index (χ1n) is 11.8. The van der Waals surface area contributed by atoms with Gasteiger partial charge < -0.3 is 26.4 Å². The molecule has 0 radical (unpaired) electrons. The Morgan fingerprint density at radius 2 is 2.03 bits per heavy atom. The van der Waals surface area contributed by atoms with Gasteiger partial charge in [0.15, 0.2) is 0 Å². The van der Waals surface area contributed by atoms with Gasteiger partial charge in [0, 0.05) is 49.8 Å². The number of hydrogen-bond acceptors (Lipinski definition) is 9. The van der Waals surface area contributed by atoms with Gasteiger partial charge in [-0.25, -0.2) is 15.0 Å². The van der Waals surface area contributed by atoms with Crippen LogP contribution in [0.3, 0.4) is 0 Å². The number of hydrogen-bond donors (Lipinski definition) is 4. The smallest absolute Gasteiger partial charge is 0.323 e. The number of nitrogens with two attached hydrogens (primary N) is 1. The summed E-state index contributed by atoms with van der Waals surface area (Å²) in [6, 6.07) is 13.6. The number of nitrogens with one attached hydrogen (secondary N) is 2. The maximum absolute atomic E-state index is 12.2. The van der Waals surface area contributed by atoms with Gasteiger partial charge in [0.2, 0.25) is 11.9 Å². The Morgan fingerprint density at radius 1 is 1.14 bits per heavy atom. The van der Waals surface area contributed by atoms with Gasteiger partial charge in [0.1, 0.15) is 12.4 Å². The van der Waals surface area contributed by atoms with Crippen molar-refractivity contribution in [1.29, 1.82) is 0 Å². The van der Waals surface area contributed by atoms with Crippen LogP contribution in [0.5, 0.6) is 0 Å². The quantitative estimate of drug-likeness (QED) is 0.293. The third-order valence-electron chi connectivity index (χ3n) is 5.71. The van der Waals surface area contributed by atoms with Gasteiger partial charge in [-0.15, -0.1) is 0 Å². The van der Waals surface area contributed by atoms with Gasteiger partial charge in [-0.1, -0.05) is 12.1 Å². The number of piperazine rings is 1. The Kier molecular flexibility index (Phi) is 8.37. The van der Waals surface area contributed by atoms with Crippen LogP contribution in [0.15, 0.2) is 54.9 Å². The van der Waals surface area contributed by atoms with Crippen molar-refractivity contribution in [3.8, 4) is 11.3 Å². The third-order valence-corrected chi connectivity index (χ3v) is 5.71. The number of pyridine rings is 1. The fourth-order valence-electron chi connectivity index (χ4n) is 3.91. The second-order valence-electron chi connectivity index (χ2n) is 8.51. The number of aliphatic carboxylic acids is 1. The summed E-state index contributed by atoms with van der Waals surface area (Å²) in [5.74, 6) is 0.0937. The van der Waals surface area contributed by atoms with E-state index in [0.717, 1.165) is 41.3 Å². The minimum absolute atomic E-state index is 0.169. The highest BCUT2D eigenvalue weighted by atomic mass is 16.4. The molecule has 1 aliphatic heterocycles. The molecule has 0 atom stereocenters. The summed E-state index contributed by atoms with van der Waals surface area (Å²) in [4.78, 5) is 39.9. The normalized spacial score (nSPS) is 14.0. The second kappa shape index (κ2) is 12.0. The zero-order valence-electron chi connectivity index (χ0n) is 19.9. The number of benzene rings is 1. The van der Waals surface area contributed by atoms with Crippen LogP contribution in [0.1, 0.15) is 12.0 Å². The van der Waals surface area contributed by atoms with Crippen LogP contribution in [0, 0.1) is 0 Å². The molecule has 188 valence electrons. The van der Waals surface area contributed by atoms with Gasteiger partial charge >= 0.3 is 5.97 Å². The summed E-state index contributed by atoms with van der Waals surface area (Å²) in [5, 5.41) is 15.4. The van der Waals surface area contributed by atoms with Crippen LogP contribution in [-0.2, 0) is 16.1 Å². The monoisotopic (exact) mass is 490 g/mol. The van der Waals surface area contributed by atoms with Gasteiger partial charge in [-0.3, -0.25) is 14.5 Å². The Hall–Kier alpha value is -4.09. The van der Waals surface area contributed by atoms with Crippen molar-refractivity contribution in [2.45, 2.75) is 13.0 Å². The number of carbonyl (C=O) groups is 2. The van der Waals surface area contributed by atoms with Crippen LogP contribution in [0.25, 0.3) is 11.3 Å². The van der Waals surface area contributed by atoms with E-state index in [-0.39, 0.29) is 19.0 Å². The molecule has 1 amide bonds. The number of carboxylic acid groups (broad SMARTS) is 1. The van der Waals surface area contributed by atoms with Crippen molar-refractivity contribution < 1.29 is 14.7 Å². The average Bonchev–Trinajstić information content (AvgIpc) is 2.86. The van der Waals surface area contributed by atoms with Crippen LogP contribution < -0.4 is 16.4 Å². The van der Waals surface area contributed by atoms with Crippen molar-refractivity contribution >= 4 is 29.3 Å². The standard InChI is InChI=1S/C25H30N8O3/c26-8-2-9-27-22-6-5-19(14-29-22)21-7-10-28-25(31-21)30-20-4-1-3-18(13-20)15-32-11-12-33(17-24(35)36)23(34)16-32/h1,3-7,10,13-14H,2,8-9,11-12,15-17,26H2,(H,27,29)(H,35,36)(H,28,30,31). The summed E-state index contributed by atoms with van der Waals surface area (Å²) in [6.45, 7) is 2.97. The largest absolute Gasteiger partial charge is 0.480 e. The summed E-state index contributed by atoms with van der Waals surface area (Å²) in [6.07, 6.45) is 4.35. The molecule has 0 saturated carbocycles. The van der Waals surface area contributed by atoms with E-state index in [2.05, 4.69) is 25.6 Å². The molecule has 1 aliphatic rings. The van der Waals surface area contributed by atoms with E-state index in [1.54, 1.807) is 12.4 Å². The predicted molar refractivity (Wildman–Crippen MR) is 137 cm³/mol. The highest BCUT2D eigenvalue weighted by Crippen LogP contribution is 2.21. The van der Waals surface area contributed by atoms with E-state index in [4.69, 9.17) is 10.8 Å². The topological polar surface area (TPSA) is 150 Å². The molecule has 36 heavy (non-hydrogen) atoms. The molecule has 0 unspecified atom stereocenters. The first-order chi connectivity index (χ1) is 17.5. The molecule has 11 heteroatoms. The minimum Gasteiger partial charge on any atom is -0.480 e. The number of amides is 1. The minimum atomic E-state index is -0.995. The molecular formula is C25H30N8O3. The molecule has 1 fully saturated rings. The molecule has 1 saturated heterocycles. The number of aromatic nitrogens is 3. The fraction of sp³-hybridized carbons (Fsp3) is 0.320. The van der Waals surface area contributed by atoms with Crippen molar-refractivity contribution in [2.24, 2.45) is 5.73 Å². The lowest BCUT2D eigenvalue weighted by molar-refractivity contribution is -0.147. The summed E-state index contributed by atoms with van der Waals surface area (Å²) in [5.41, 5.74) is 9.01. The molecule has 2 aromatic heterocycles. The maximum atomic E-state index is 12.2. The predicted octanol–water partition coefficient (Wildman–Crippen LogP) is 1.77. The average molecular weight is 491 g/mol. The Morgan fingerprint density at radius 3 is 2.78 bits per heavy atom. The van der Waals surface area contributed by atoms with Crippen molar-refractivity contribution in [3.05, 3.63) is 60.4 Å². The molecule has 0 bridgehead atoms. The van der Waals surface area contributed by atoms with Gasteiger partial charge in [0.05, 0.1) is 12.2 Å². The molecule has 5 N–H and O–H groups in total. The van der Waals surface area contributed by atoms with Crippen LogP contribution in [0.4, 0.5) is 17.5 Å². The van der Waals surface area contributed by atoms with Gasteiger partial charge in [0.25, 0.3) is 0 Å². The molecule has 0 spiro atoms. The zero-order valence-corrected chi connectivity index (χ0v) is 19.9. The Labute approximate surface area is 209 Å². The number of nitrogens with zero attached hydrogens (tertiary/aromatic N) is 5. The number of anilines is 3. The number of carboxylic acids is 1. The molecule has 11 nitrogen and oxygen atoms in total. The maximum Gasteiger partial charge on any atom is 0.323 e. The lowest BCUT2D eigenvalue weighted by Gasteiger charge is -2.33.